The summed E-state index contributed by atoms with van der Waals surface area (Å²) in [7, 11) is 4.03. The number of hydrogen-bond acceptors (Lipinski definition) is 3. The van der Waals surface area contributed by atoms with E-state index in [9.17, 15) is 0 Å². The van der Waals surface area contributed by atoms with Crippen LogP contribution in [-0.2, 0) is 6.54 Å². The highest BCUT2D eigenvalue weighted by molar-refractivity contribution is 5.42. The molecule has 3 heteroatoms. The fourth-order valence-electron chi connectivity index (χ4n) is 1.24. The van der Waals surface area contributed by atoms with Crippen molar-refractivity contribution in [2.45, 2.75) is 26.4 Å². The lowest BCUT2D eigenvalue weighted by molar-refractivity contribution is 0.266. The molecule has 0 aliphatic carbocycles. The number of rotatable bonds is 4. The highest BCUT2D eigenvalue weighted by Crippen LogP contribution is 2.13. The number of pyridine rings is 1. The molecule has 0 aliphatic heterocycles. The largest absolute Gasteiger partial charge is 0.373 e. The lowest BCUT2D eigenvalue weighted by Crippen LogP contribution is -2.26. The van der Waals surface area contributed by atoms with Gasteiger partial charge in [-0.05, 0) is 27.0 Å². The topological polar surface area (TPSA) is 28.2 Å². The van der Waals surface area contributed by atoms with Crippen molar-refractivity contribution in [1.29, 1.82) is 0 Å². The first-order valence-corrected chi connectivity index (χ1v) is 4.97. The monoisotopic (exact) mass is 193 g/mol. The van der Waals surface area contributed by atoms with Gasteiger partial charge in [0.15, 0.2) is 0 Å². The van der Waals surface area contributed by atoms with E-state index < -0.39 is 0 Å². The molecule has 0 atom stereocenters. The molecular weight excluding hydrogens is 174 g/mol. The molecule has 0 saturated heterocycles. The van der Waals surface area contributed by atoms with E-state index in [2.05, 4.69) is 42.2 Å². The van der Waals surface area contributed by atoms with Gasteiger partial charge in [-0.15, -0.1) is 0 Å². The second-order valence-corrected chi connectivity index (χ2v) is 3.77. The summed E-state index contributed by atoms with van der Waals surface area (Å²) in [5.41, 5.74) is 1.24. The second kappa shape index (κ2) is 4.96. The van der Waals surface area contributed by atoms with Gasteiger partial charge in [0.1, 0.15) is 5.82 Å². The van der Waals surface area contributed by atoms with Gasteiger partial charge in [0, 0.05) is 31.4 Å². The van der Waals surface area contributed by atoms with Crippen LogP contribution in [0.5, 0.6) is 0 Å². The Labute approximate surface area is 86.2 Å². The van der Waals surface area contributed by atoms with Gasteiger partial charge < -0.3 is 5.32 Å². The summed E-state index contributed by atoms with van der Waals surface area (Å²) in [6.07, 6.45) is 1.81. The van der Waals surface area contributed by atoms with E-state index in [4.69, 9.17) is 0 Å². The maximum absolute atomic E-state index is 4.27. The van der Waals surface area contributed by atoms with E-state index in [0.29, 0.717) is 6.04 Å². The van der Waals surface area contributed by atoms with Crippen LogP contribution in [0.15, 0.2) is 18.3 Å². The zero-order chi connectivity index (χ0) is 10.6. The molecule has 1 aromatic heterocycles. The van der Waals surface area contributed by atoms with E-state index in [-0.39, 0.29) is 0 Å². The first kappa shape index (κ1) is 11.0. The van der Waals surface area contributed by atoms with Crippen molar-refractivity contribution in [1.82, 2.24) is 9.88 Å². The van der Waals surface area contributed by atoms with Crippen molar-refractivity contribution >= 4 is 5.82 Å². The molecule has 3 nitrogen and oxygen atoms in total. The summed E-state index contributed by atoms with van der Waals surface area (Å²) in [4.78, 5) is 6.56. The maximum Gasteiger partial charge on any atom is 0.130 e. The predicted molar refractivity (Wildman–Crippen MR) is 60.4 cm³/mol. The third-order valence-corrected chi connectivity index (χ3v) is 2.43. The molecule has 1 rings (SSSR count). The summed E-state index contributed by atoms with van der Waals surface area (Å²) in [5, 5.41) is 3.10. The predicted octanol–water partition coefficient (Wildman–Crippen LogP) is 1.96. The molecule has 0 fully saturated rings. The van der Waals surface area contributed by atoms with Crippen LogP contribution >= 0.6 is 0 Å². The summed E-state index contributed by atoms with van der Waals surface area (Å²) >= 11 is 0. The molecule has 0 radical (unpaired) electrons. The van der Waals surface area contributed by atoms with Crippen LogP contribution in [0.25, 0.3) is 0 Å². The Hall–Kier alpha value is -1.09. The maximum atomic E-state index is 4.27. The molecule has 0 aromatic carbocycles. The van der Waals surface area contributed by atoms with Gasteiger partial charge in [0.05, 0.1) is 0 Å². The van der Waals surface area contributed by atoms with Crippen LogP contribution in [0.4, 0.5) is 5.82 Å². The van der Waals surface area contributed by atoms with Crippen LogP contribution < -0.4 is 5.32 Å². The van der Waals surface area contributed by atoms with Crippen LogP contribution in [0.2, 0.25) is 0 Å². The lowest BCUT2D eigenvalue weighted by Gasteiger charge is -2.21. The molecule has 0 spiro atoms. The Bertz CT molecular complexity index is 284. The Kier molecular flexibility index (Phi) is 3.89. The van der Waals surface area contributed by atoms with E-state index in [1.54, 1.807) is 0 Å². The van der Waals surface area contributed by atoms with Crippen LogP contribution in [-0.4, -0.2) is 30.0 Å². The van der Waals surface area contributed by atoms with Crippen molar-refractivity contribution in [2.75, 3.05) is 19.4 Å². The van der Waals surface area contributed by atoms with Gasteiger partial charge in [-0.1, -0.05) is 6.07 Å². The molecule has 1 aromatic rings. The average Bonchev–Trinajstić information content (AvgIpc) is 2.18. The molecule has 0 bridgehead atoms. The van der Waals surface area contributed by atoms with Gasteiger partial charge in [0.2, 0.25) is 0 Å². The Morgan fingerprint density at radius 2 is 2.21 bits per heavy atom. The van der Waals surface area contributed by atoms with Gasteiger partial charge >= 0.3 is 0 Å². The summed E-state index contributed by atoms with van der Waals surface area (Å²) in [6, 6.07) is 4.64. The van der Waals surface area contributed by atoms with Crippen molar-refractivity contribution < 1.29 is 0 Å². The first-order valence-electron chi connectivity index (χ1n) is 4.97. The fourth-order valence-corrected chi connectivity index (χ4v) is 1.24. The SMILES string of the molecule is CNc1ncccc1CN(C)C(C)C. The smallest absolute Gasteiger partial charge is 0.130 e. The molecular formula is C11H19N3. The van der Waals surface area contributed by atoms with E-state index >= 15 is 0 Å². The van der Waals surface area contributed by atoms with Crippen LogP contribution in [0.1, 0.15) is 19.4 Å². The molecule has 0 saturated carbocycles. The van der Waals surface area contributed by atoms with Crippen LogP contribution in [0.3, 0.4) is 0 Å². The number of anilines is 1. The minimum atomic E-state index is 0.555. The summed E-state index contributed by atoms with van der Waals surface area (Å²) in [6.45, 7) is 5.31. The highest BCUT2D eigenvalue weighted by atomic mass is 15.1. The Morgan fingerprint density at radius 3 is 2.79 bits per heavy atom. The number of aromatic nitrogens is 1. The van der Waals surface area contributed by atoms with Crippen molar-refractivity contribution in [3.05, 3.63) is 23.9 Å². The molecule has 1 N–H and O–H groups in total. The molecule has 0 aliphatic rings. The molecule has 14 heavy (non-hydrogen) atoms. The van der Waals surface area contributed by atoms with Gasteiger partial charge in [0.25, 0.3) is 0 Å². The normalized spacial score (nSPS) is 11.0. The van der Waals surface area contributed by atoms with Crippen molar-refractivity contribution in [2.24, 2.45) is 0 Å². The zero-order valence-electron chi connectivity index (χ0n) is 9.41. The van der Waals surface area contributed by atoms with E-state index in [1.807, 2.05) is 19.3 Å². The van der Waals surface area contributed by atoms with E-state index in [1.165, 1.54) is 5.56 Å². The fraction of sp³-hybridized carbons (Fsp3) is 0.545. The highest BCUT2D eigenvalue weighted by Gasteiger charge is 2.07. The number of nitrogens with one attached hydrogen (secondary N) is 1. The molecule has 78 valence electrons. The zero-order valence-corrected chi connectivity index (χ0v) is 9.41. The number of hydrogen-bond donors (Lipinski definition) is 1. The molecule has 0 amide bonds. The quantitative estimate of drug-likeness (QED) is 0.792. The molecule has 0 unspecified atom stereocenters. The third-order valence-electron chi connectivity index (χ3n) is 2.43. The Morgan fingerprint density at radius 1 is 1.50 bits per heavy atom. The number of nitrogens with zero attached hydrogens (tertiary/aromatic N) is 2. The summed E-state index contributed by atoms with van der Waals surface area (Å²) in [5.74, 6) is 0.972. The average molecular weight is 193 g/mol. The standard InChI is InChI=1S/C11H19N3/c1-9(2)14(4)8-10-6-5-7-13-11(10)12-3/h5-7,9H,8H2,1-4H3,(H,12,13). The Balaban J connectivity index is 2.75. The van der Waals surface area contributed by atoms with Gasteiger partial charge in [-0.2, -0.15) is 0 Å². The minimum Gasteiger partial charge on any atom is -0.373 e. The summed E-state index contributed by atoms with van der Waals surface area (Å²) < 4.78 is 0. The van der Waals surface area contributed by atoms with E-state index in [0.717, 1.165) is 12.4 Å². The van der Waals surface area contributed by atoms with Crippen molar-refractivity contribution in [3.8, 4) is 0 Å². The first-order chi connectivity index (χ1) is 6.65. The van der Waals surface area contributed by atoms with Crippen LogP contribution in [0, 0.1) is 0 Å². The van der Waals surface area contributed by atoms with Crippen molar-refractivity contribution in [3.63, 3.8) is 0 Å². The van der Waals surface area contributed by atoms with Gasteiger partial charge in [-0.25, -0.2) is 4.98 Å². The minimum absolute atomic E-state index is 0.555. The van der Waals surface area contributed by atoms with Gasteiger partial charge in [-0.3, -0.25) is 4.90 Å². The lowest BCUT2D eigenvalue weighted by atomic mass is 10.2. The molecule has 1 heterocycles. The third kappa shape index (κ3) is 2.70. The second-order valence-electron chi connectivity index (χ2n) is 3.77.